The van der Waals surface area contributed by atoms with Gasteiger partial charge in [-0.3, -0.25) is 9.69 Å². The summed E-state index contributed by atoms with van der Waals surface area (Å²) in [5, 5.41) is 0. The van der Waals surface area contributed by atoms with E-state index in [4.69, 9.17) is 0 Å². The molecule has 2 aliphatic heterocycles. The van der Waals surface area contributed by atoms with Crippen molar-refractivity contribution >= 4 is 11.9 Å². The van der Waals surface area contributed by atoms with Crippen LogP contribution in [0.25, 0.3) is 0 Å². The lowest BCUT2D eigenvalue weighted by Gasteiger charge is -2.39. The molecule has 0 N–H and O–H groups in total. The van der Waals surface area contributed by atoms with Crippen LogP contribution >= 0.6 is 0 Å². The monoisotopic (exact) mass is 498 g/mol. The molecular formula is C21H28F6N4O3. The Labute approximate surface area is 193 Å². The Bertz CT molecular complexity index is 889. The molecule has 0 bridgehead atoms. The maximum Gasteiger partial charge on any atom is 0.434 e. The van der Waals surface area contributed by atoms with Crippen molar-refractivity contribution in [3.8, 4) is 0 Å². The lowest BCUT2D eigenvalue weighted by Crippen LogP contribution is -2.50. The van der Waals surface area contributed by atoms with Crippen molar-refractivity contribution < 1.29 is 40.7 Å². The molecule has 1 fully saturated rings. The number of ether oxygens (including phenoxy) is 1. The molecule has 0 unspecified atom stereocenters. The third-order valence-electron chi connectivity index (χ3n) is 6.48. The molecule has 0 spiro atoms. The largest absolute Gasteiger partial charge is 0.434 e. The summed E-state index contributed by atoms with van der Waals surface area (Å²) in [5.74, 6) is 0.612. The van der Waals surface area contributed by atoms with E-state index in [2.05, 4.69) is 28.5 Å². The van der Waals surface area contributed by atoms with Crippen molar-refractivity contribution in [1.82, 2.24) is 19.4 Å². The lowest BCUT2D eigenvalue weighted by atomic mass is 9.76. The van der Waals surface area contributed by atoms with Crippen molar-refractivity contribution in [1.29, 1.82) is 0 Å². The maximum atomic E-state index is 12.9. The number of hydrogen-bond acceptors (Lipinski definition) is 5. The molecule has 1 saturated heterocycles. The van der Waals surface area contributed by atoms with Gasteiger partial charge in [0.25, 0.3) is 6.10 Å². The van der Waals surface area contributed by atoms with Crippen LogP contribution in [0.15, 0.2) is 6.20 Å². The summed E-state index contributed by atoms with van der Waals surface area (Å²) >= 11 is 0. The van der Waals surface area contributed by atoms with E-state index in [-0.39, 0.29) is 38.1 Å². The van der Waals surface area contributed by atoms with Gasteiger partial charge in [-0.15, -0.1) is 0 Å². The maximum absolute atomic E-state index is 12.9. The normalized spacial score (nSPS) is 19.4. The first kappa shape index (κ1) is 26.3. The van der Waals surface area contributed by atoms with Gasteiger partial charge in [-0.2, -0.15) is 26.3 Å². The molecule has 0 aliphatic carbocycles. The summed E-state index contributed by atoms with van der Waals surface area (Å²) in [6.07, 6.45) is -15.1. The number of alkyl halides is 6. The van der Waals surface area contributed by atoms with Crippen molar-refractivity contribution in [3.63, 3.8) is 0 Å². The minimum Gasteiger partial charge on any atom is -0.426 e. The second kappa shape index (κ2) is 9.38. The molecule has 1 amide bonds. The van der Waals surface area contributed by atoms with Gasteiger partial charge >= 0.3 is 18.4 Å². The lowest BCUT2D eigenvalue weighted by molar-refractivity contribution is -0.308. The Morgan fingerprint density at radius 3 is 2.18 bits per heavy atom. The number of piperidine rings is 1. The van der Waals surface area contributed by atoms with E-state index in [0.717, 1.165) is 23.8 Å². The average Bonchev–Trinajstić information content (AvgIpc) is 3.14. The number of amides is 1. The highest BCUT2D eigenvalue weighted by molar-refractivity contribution is 5.94. The number of carbonyl (C=O) groups is 2. The molecule has 3 rings (SSSR count). The fraction of sp³-hybridized carbons (Fsp3) is 0.762. The predicted molar refractivity (Wildman–Crippen MR) is 108 cm³/mol. The van der Waals surface area contributed by atoms with Crippen LogP contribution in [-0.4, -0.2) is 75.4 Å². The first-order chi connectivity index (χ1) is 15.6. The van der Waals surface area contributed by atoms with E-state index in [1.807, 2.05) is 4.57 Å². The number of nitrogens with zero attached hydrogens (tertiary/aromatic N) is 4. The number of Topliss-reactive ketones (excluding diaryl/α,β-unsaturated/α-hetero) is 1. The van der Waals surface area contributed by atoms with E-state index in [0.29, 0.717) is 18.3 Å². The zero-order valence-electron chi connectivity index (χ0n) is 19.2. The van der Waals surface area contributed by atoms with Gasteiger partial charge in [0.15, 0.2) is 5.78 Å². The topological polar surface area (TPSA) is 67.7 Å². The molecule has 7 nitrogen and oxygen atoms in total. The zero-order valence-corrected chi connectivity index (χ0v) is 19.2. The van der Waals surface area contributed by atoms with E-state index in [1.54, 1.807) is 13.1 Å². The summed E-state index contributed by atoms with van der Waals surface area (Å²) in [7, 11) is 0. The molecule has 0 atom stereocenters. The number of imidazole rings is 1. The molecule has 192 valence electrons. The molecular weight excluding hydrogens is 470 g/mol. The first-order valence-corrected chi connectivity index (χ1v) is 11.0. The number of rotatable bonds is 5. The Morgan fingerprint density at radius 1 is 1.06 bits per heavy atom. The SMILES string of the molecule is CC(C)N1CCn2cc(C(=O)CC3(C)CCN(C(=O)OC(C(F)(F)F)C(F)(F)F)CC3)nc2C1. The summed E-state index contributed by atoms with van der Waals surface area (Å²) < 4.78 is 81.6. The van der Waals surface area contributed by atoms with E-state index in [9.17, 15) is 35.9 Å². The van der Waals surface area contributed by atoms with Gasteiger partial charge in [-0.25, -0.2) is 9.78 Å². The van der Waals surface area contributed by atoms with Crippen molar-refractivity contribution in [2.75, 3.05) is 19.6 Å². The van der Waals surface area contributed by atoms with Gasteiger partial charge in [-0.1, -0.05) is 6.92 Å². The third-order valence-corrected chi connectivity index (χ3v) is 6.48. The van der Waals surface area contributed by atoms with Gasteiger partial charge in [0.05, 0.1) is 6.54 Å². The highest BCUT2D eigenvalue weighted by Gasteiger charge is 2.60. The smallest absolute Gasteiger partial charge is 0.426 e. The van der Waals surface area contributed by atoms with E-state index < -0.39 is 30.0 Å². The minimum absolute atomic E-state index is 0.105. The number of carbonyl (C=O) groups excluding carboxylic acids is 2. The second-order valence-corrected chi connectivity index (χ2v) is 9.54. The molecule has 0 aromatic carbocycles. The quantitative estimate of drug-likeness (QED) is 0.445. The Hall–Kier alpha value is -2.31. The Kier molecular flexibility index (Phi) is 7.26. The number of fused-ring (bicyclic) bond motifs is 1. The number of ketones is 1. The zero-order chi connectivity index (χ0) is 25.5. The summed E-state index contributed by atoms with van der Waals surface area (Å²) in [6, 6.07) is 0.350. The summed E-state index contributed by atoms with van der Waals surface area (Å²) in [6.45, 7) is 7.94. The van der Waals surface area contributed by atoms with Crippen molar-refractivity contribution in [2.24, 2.45) is 5.41 Å². The fourth-order valence-electron chi connectivity index (χ4n) is 4.22. The van der Waals surface area contributed by atoms with Crippen molar-refractivity contribution in [2.45, 2.75) is 77.6 Å². The summed E-state index contributed by atoms with van der Waals surface area (Å²) in [5.41, 5.74) is -0.239. The van der Waals surface area contributed by atoms with Crippen LogP contribution in [0.4, 0.5) is 31.1 Å². The van der Waals surface area contributed by atoms with Gasteiger partial charge in [0, 0.05) is 44.8 Å². The molecule has 1 aromatic heterocycles. The molecule has 34 heavy (non-hydrogen) atoms. The standard InChI is InChI=1S/C21H28F6N4O3/c1-13(2)30-8-9-31-11-14(28-16(31)12-30)15(32)10-19(3)4-6-29(7-5-19)18(33)34-17(20(22,23)24)21(25,26)27/h11,13,17H,4-10,12H2,1-3H3. The van der Waals surface area contributed by atoms with Gasteiger partial charge < -0.3 is 14.2 Å². The van der Waals surface area contributed by atoms with Gasteiger partial charge in [0.1, 0.15) is 11.5 Å². The van der Waals surface area contributed by atoms with Crippen LogP contribution < -0.4 is 0 Å². The van der Waals surface area contributed by atoms with Crippen LogP contribution in [0.3, 0.4) is 0 Å². The van der Waals surface area contributed by atoms with Crippen molar-refractivity contribution in [3.05, 3.63) is 17.7 Å². The molecule has 3 heterocycles. The van der Waals surface area contributed by atoms with E-state index in [1.165, 1.54) is 0 Å². The number of likely N-dealkylation sites (tertiary alicyclic amines) is 1. The van der Waals surface area contributed by atoms with Crippen LogP contribution in [0.1, 0.15) is 56.3 Å². The van der Waals surface area contributed by atoms with Gasteiger partial charge in [0.2, 0.25) is 0 Å². The van der Waals surface area contributed by atoms with Crippen LogP contribution in [-0.2, 0) is 17.8 Å². The number of hydrogen-bond donors (Lipinski definition) is 0. The third kappa shape index (κ3) is 6.02. The molecule has 1 aromatic rings. The second-order valence-electron chi connectivity index (χ2n) is 9.54. The fourth-order valence-corrected chi connectivity index (χ4v) is 4.22. The van der Waals surface area contributed by atoms with Crippen LogP contribution in [0, 0.1) is 5.41 Å². The molecule has 2 aliphatic rings. The summed E-state index contributed by atoms with van der Waals surface area (Å²) in [4.78, 5) is 32.4. The van der Waals surface area contributed by atoms with E-state index >= 15 is 0 Å². The Morgan fingerprint density at radius 2 is 1.65 bits per heavy atom. The minimum atomic E-state index is -5.76. The highest BCUT2D eigenvalue weighted by Crippen LogP contribution is 2.38. The molecule has 0 radical (unpaired) electrons. The predicted octanol–water partition coefficient (Wildman–Crippen LogP) is 4.41. The Balaban J connectivity index is 1.57. The first-order valence-electron chi connectivity index (χ1n) is 11.0. The molecule has 13 heteroatoms. The van der Waals surface area contributed by atoms with Crippen LogP contribution in [0.2, 0.25) is 0 Å². The van der Waals surface area contributed by atoms with Crippen LogP contribution in [0.5, 0.6) is 0 Å². The highest BCUT2D eigenvalue weighted by atomic mass is 19.4. The number of halogens is 6. The molecule has 0 saturated carbocycles. The average molecular weight is 498 g/mol. The number of aromatic nitrogens is 2. The van der Waals surface area contributed by atoms with Gasteiger partial charge in [-0.05, 0) is 32.1 Å².